The molecule has 5 aliphatic heterocycles. The lowest BCUT2D eigenvalue weighted by Gasteiger charge is -2.40. The van der Waals surface area contributed by atoms with Crippen molar-refractivity contribution in [1.29, 1.82) is 0 Å². The molecular formula is C27H39N3O6S. The van der Waals surface area contributed by atoms with Gasteiger partial charge < -0.3 is 24.4 Å². The van der Waals surface area contributed by atoms with Crippen LogP contribution in [0.2, 0.25) is 0 Å². The molecule has 0 radical (unpaired) electrons. The topological polar surface area (TPSA) is 99.6 Å². The number of esters is 1. The normalized spacial score (nSPS) is 35.8. The summed E-state index contributed by atoms with van der Waals surface area (Å²) in [5.74, 6) is -2.05. The molecule has 1 spiro atoms. The van der Waals surface area contributed by atoms with Gasteiger partial charge in [0.25, 0.3) is 0 Å². The average Bonchev–Trinajstić information content (AvgIpc) is 3.28. The SMILES string of the molecule is CC[C@H](C)[C@H](CO)N1C(=O)[C@@H]2[C@H]3C(=O)OCCC=C[C@H]3S[C@@]23C=CCN(CCN2CCOCC2)C(=O)C13. The molecule has 0 bridgehead atoms. The number of carbonyl (C=O) groups excluding carboxylic acids is 3. The minimum atomic E-state index is -0.883. The zero-order valence-corrected chi connectivity index (χ0v) is 22.6. The van der Waals surface area contributed by atoms with E-state index in [4.69, 9.17) is 9.47 Å². The van der Waals surface area contributed by atoms with Crippen LogP contribution in [-0.4, -0.2) is 119 Å². The molecule has 0 saturated carbocycles. The summed E-state index contributed by atoms with van der Waals surface area (Å²) in [5.41, 5.74) is 0. The highest BCUT2D eigenvalue weighted by molar-refractivity contribution is 8.02. The molecule has 5 rings (SSSR count). The van der Waals surface area contributed by atoms with E-state index in [1.165, 1.54) is 0 Å². The van der Waals surface area contributed by atoms with E-state index >= 15 is 0 Å². The van der Waals surface area contributed by atoms with Gasteiger partial charge in [0.05, 0.1) is 49.1 Å². The smallest absolute Gasteiger partial charge is 0.311 e. The lowest BCUT2D eigenvalue weighted by molar-refractivity contribution is -0.154. The molecule has 0 aromatic carbocycles. The first-order valence-corrected chi connectivity index (χ1v) is 14.5. The Bertz CT molecular complexity index is 952. The second-order valence-electron chi connectivity index (χ2n) is 10.7. The van der Waals surface area contributed by atoms with Crippen molar-refractivity contribution >= 4 is 29.5 Å². The van der Waals surface area contributed by atoms with Gasteiger partial charge in [0.2, 0.25) is 11.8 Å². The Hall–Kier alpha value is -1.88. The summed E-state index contributed by atoms with van der Waals surface area (Å²) < 4.78 is 10.1. The summed E-state index contributed by atoms with van der Waals surface area (Å²) in [4.78, 5) is 47.7. The Morgan fingerprint density at radius 2 is 1.92 bits per heavy atom. The highest BCUT2D eigenvalue weighted by atomic mass is 32.2. The molecule has 0 aliphatic carbocycles. The molecule has 2 amide bonds. The van der Waals surface area contributed by atoms with Crippen LogP contribution in [0.3, 0.4) is 0 Å². The molecule has 0 aromatic rings. The molecule has 3 fully saturated rings. The minimum Gasteiger partial charge on any atom is -0.465 e. The van der Waals surface area contributed by atoms with Gasteiger partial charge in [0.15, 0.2) is 0 Å². The van der Waals surface area contributed by atoms with Crippen molar-refractivity contribution in [3.05, 3.63) is 24.3 Å². The fraction of sp³-hybridized carbons (Fsp3) is 0.741. The molecule has 204 valence electrons. The zero-order chi connectivity index (χ0) is 26.2. The van der Waals surface area contributed by atoms with Crippen molar-refractivity contribution < 1.29 is 29.0 Å². The quantitative estimate of drug-likeness (QED) is 0.381. The van der Waals surface area contributed by atoms with E-state index in [9.17, 15) is 19.5 Å². The van der Waals surface area contributed by atoms with Crippen LogP contribution in [0.1, 0.15) is 26.7 Å². The third-order valence-electron chi connectivity index (χ3n) is 8.78. The number of amides is 2. The average molecular weight is 534 g/mol. The Labute approximate surface area is 223 Å². The second kappa shape index (κ2) is 11.1. The fourth-order valence-electron chi connectivity index (χ4n) is 6.55. The molecule has 7 atom stereocenters. The number of carbonyl (C=O) groups is 3. The van der Waals surface area contributed by atoms with Gasteiger partial charge in [-0.3, -0.25) is 19.3 Å². The number of cyclic esters (lactones) is 1. The third-order valence-corrected chi connectivity index (χ3v) is 10.5. The van der Waals surface area contributed by atoms with Crippen molar-refractivity contribution in [2.75, 3.05) is 59.2 Å². The monoisotopic (exact) mass is 533 g/mol. The van der Waals surface area contributed by atoms with E-state index in [1.807, 2.05) is 43.1 Å². The molecular weight excluding hydrogens is 494 g/mol. The second-order valence-corrected chi connectivity index (χ2v) is 12.2. The number of hydrogen-bond donors (Lipinski definition) is 1. The summed E-state index contributed by atoms with van der Waals surface area (Å²) in [6.45, 7) is 8.91. The van der Waals surface area contributed by atoms with Crippen LogP contribution in [-0.2, 0) is 23.9 Å². The number of hydrogen-bond acceptors (Lipinski definition) is 8. The predicted octanol–water partition coefficient (Wildman–Crippen LogP) is 0.925. The van der Waals surface area contributed by atoms with Crippen LogP contribution < -0.4 is 0 Å². The van der Waals surface area contributed by atoms with Crippen LogP contribution in [0.4, 0.5) is 0 Å². The van der Waals surface area contributed by atoms with Crippen LogP contribution >= 0.6 is 11.8 Å². The lowest BCUT2D eigenvalue weighted by atomic mass is 9.78. The van der Waals surface area contributed by atoms with Gasteiger partial charge in [-0.2, -0.15) is 0 Å². The van der Waals surface area contributed by atoms with Gasteiger partial charge in [-0.1, -0.05) is 44.6 Å². The summed E-state index contributed by atoms with van der Waals surface area (Å²) in [6.07, 6.45) is 9.46. The molecule has 5 aliphatic rings. The van der Waals surface area contributed by atoms with Crippen LogP contribution in [0.25, 0.3) is 0 Å². The van der Waals surface area contributed by atoms with Gasteiger partial charge in [0, 0.05) is 38.0 Å². The molecule has 9 nitrogen and oxygen atoms in total. The zero-order valence-electron chi connectivity index (χ0n) is 21.8. The summed E-state index contributed by atoms with van der Waals surface area (Å²) >= 11 is 1.55. The van der Waals surface area contributed by atoms with Crippen molar-refractivity contribution in [2.24, 2.45) is 17.8 Å². The first-order chi connectivity index (χ1) is 17.9. The van der Waals surface area contributed by atoms with Crippen molar-refractivity contribution in [3.8, 4) is 0 Å². The van der Waals surface area contributed by atoms with Crippen LogP contribution in [0, 0.1) is 17.8 Å². The number of likely N-dealkylation sites (tertiary alicyclic amines) is 1. The Morgan fingerprint density at radius 1 is 1.14 bits per heavy atom. The Kier molecular flexibility index (Phi) is 8.00. The predicted molar refractivity (Wildman–Crippen MR) is 140 cm³/mol. The third kappa shape index (κ3) is 4.64. The van der Waals surface area contributed by atoms with Crippen molar-refractivity contribution in [1.82, 2.24) is 14.7 Å². The number of rotatable bonds is 7. The summed E-state index contributed by atoms with van der Waals surface area (Å²) in [6, 6.07) is -1.28. The maximum absolute atomic E-state index is 14.4. The number of thioether (sulfide) groups is 1. The van der Waals surface area contributed by atoms with Crippen molar-refractivity contribution in [2.45, 2.75) is 48.8 Å². The number of fused-ring (bicyclic) bond motifs is 2. The lowest BCUT2D eigenvalue weighted by Crippen LogP contribution is -2.58. The van der Waals surface area contributed by atoms with Crippen LogP contribution in [0.15, 0.2) is 24.3 Å². The molecule has 37 heavy (non-hydrogen) atoms. The van der Waals surface area contributed by atoms with Crippen LogP contribution in [0.5, 0.6) is 0 Å². The van der Waals surface area contributed by atoms with E-state index in [0.717, 1.165) is 26.1 Å². The largest absolute Gasteiger partial charge is 0.465 e. The molecule has 0 aromatic heterocycles. The van der Waals surface area contributed by atoms with Gasteiger partial charge in [-0.05, 0) is 12.3 Å². The number of nitrogens with zero attached hydrogens (tertiary/aromatic N) is 3. The Balaban J connectivity index is 1.52. The van der Waals surface area contributed by atoms with E-state index in [1.54, 1.807) is 16.7 Å². The molecule has 5 heterocycles. The standard InChI is InChI=1S/C27H39N3O6S/c1-3-18(2)19(17-31)30-23-25(33)29(11-10-28-12-15-35-16-13-28)9-6-8-27(23)22(24(30)32)21-20(37-27)7-4-5-14-36-26(21)34/h4,6-8,18-23,31H,3,5,9-17H2,1-2H3/t18-,19-,20+,21-,22-,23?,27-/m0/s1. The van der Waals surface area contributed by atoms with E-state index in [2.05, 4.69) is 4.90 Å². The summed E-state index contributed by atoms with van der Waals surface area (Å²) in [7, 11) is 0. The summed E-state index contributed by atoms with van der Waals surface area (Å²) in [5, 5.41) is 10.2. The van der Waals surface area contributed by atoms with E-state index in [0.29, 0.717) is 39.3 Å². The first-order valence-electron chi connectivity index (χ1n) is 13.6. The van der Waals surface area contributed by atoms with Gasteiger partial charge in [-0.15, -0.1) is 11.8 Å². The number of ether oxygens (including phenoxy) is 2. The first kappa shape index (κ1) is 26.7. The Morgan fingerprint density at radius 3 is 2.65 bits per heavy atom. The molecule has 1 unspecified atom stereocenters. The highest BCUT2D eigenvalue weighted by Gasteiger charge is 2.71. The number of aliphatic hydroxyl groups excluding tert-OH is 1. The van der Waals surface area contributed by atoms with E-state index < -0.39 is 28.7 Å². The highest BCUT2D eigenvalue weighted by Crippen LogP contribution is 2.61. The van der Waals surface area contributed by atoms with Gasteiger partial charge in [-0.25, -0.2) is 0 Å². The number of morpholine rings is 1. The maximum Gasteiger partial charge on any atom is 0.311 e. The van der Waals surface area contributed by atoms with Gasteiger partial charge in [0.1, 0.15) is 6.04 Å². The van der Waals surface area contributed by atoms with Gasteiger partial charge >= 0.3 is 5.97 Å². The fourth-order valence-corrected chi connectivity index (χ4v) is 8.54. The number of aliphatic hydroxyl groups is 1. The molecule has 3 saturated heterocycles. The minimum absolute atomic E-state index is 0.00311. The van der Waals surface area contributed by atoms with E-state index in [-0.39, 0.29) is 35.6 Å². The van der Waals surface area contributed by atoms with Crippen molar-refractivity contribution in [3.63, 3.8) is 0 Å². The molecule has 1 N–H and O–H groups in total. The maximum atomic E-state index is 14.4. The molecule has 10 heteroatoms.